The fourth-order valence-electron chi connectivity index (χ4n) is 7.36. The molecule has 0 radical (unpaired) electrons. The van der Waals surface area contributed by atoms with Crippen molar-refractivity contribution in [1.29, 1.82) is 0 Å². The van der Waals surface area contributed by atoms with E-state index >= 15 is 4.39 Å². The average Bonchev–Trinajstić information content (AvgIpc) is 3.63. The monoisotopic (exact) mass is 661 g/mol. The molecule has 9 nitrogen and oxygen atoms in total. The van der Waals surface area contributed by atoms with Gasteiger partial charge in [0.05, 0.1) is 23.7 Å². The van der Waals surface area contributed by atoms with Gasteiger partial charge in [-0.05, 0) is 100 Å². The molecule has 2 atom stereocenters. The minimum Gasteiger partial charge on any atom is -0.508 e. The van der Waals surface area contributed by atoms with Crippen molar-refractivity contribution in [3.63, 3.8) is 0 Å². The zero-order valence-corrected chi connectivity index (χ0v) is 27.9. The summed E-state index contributed by atoms with van der Waals surface area (Å²) in [6.07, 6.45) is 4.62. The van der Waals surface area contributed by atoms with Gasteiger partial charge >= 0.3 is 12.1 Å². The predicted octanol–water partition coefficient (Wildman–Crippen LogP) is 7.40. The molecule has 4 heterocycles. The summed E-state index contributed by atoms with van der Waals surface area (Å²) in [6.45, 7) is 10.2. The molecule has 1 N–H and O–H groups in total. The zero-order chi connectivity index (χ0) is 32.9. The van der Waals surface area contributed by atoms with Crippen LogP contribution in [0.4, 0.5) is 15.0 Å². The molecular weight excluding hydrogens is 621 g/mol. The highest BCUT2D eigenvalue weighted by Gasteiger charge is 2.45. The standard InChI is InChI=1S/C36H41ClFN5O4/c1-36(2,3)47-35(45)43-23-11-12-24(43)21-42(20-23)33-28-19-29(37)30(27-18-25(44)17-22-9-4-5-10-26(22)27)31(38)32(28)39-34(40-33)46-16-8-15-41-13-6-7-14-41/h4-5,9-10,17-19,23-24,44H,6-8,11-16,20-21H2,1-3H3/t23-,24+. The normalized spacial score (nSPS) is 20.0. The van der Waals surface area contributed by atoms with Crippen LogP contribution in [-0.4, -0.2) is 88.0 Å². The first-order valence-corrected chi connectivity index (χ1v) is 17.0. The highest BCUT2D eigenvalue weighted by atomic mass is 35.5. The Hall–Kier alpha value is -3.89. The maximum Gasteiger partial charge on any atom is 0.410 e. The van der Waals surface area contributed by atoms with Gasteiger partial charge in [0.2, 0.25) is 0 Å². The van der Waals surface area contributed by atoms with Gasteiger partial charge in [-0.2, -0.15) is 9.97 Å². The van der Waals surface area contributed by atoms with E-state index in [0.29, 0.717) is 36.5 Å². The van der Waals surface area contributed by atoms with Gasteiger partial charge in [-0.3, -0.25) is 4.90 Å². The number of ether oxygens (including phenoxy) is 2. The molecule has 3 fully saturated rings. The molecule has 2 bridgehead atoms. The maximum absolute atomic E-state index is 16.9. The van der Waals surface area contributed by atoms with E-state index in [-0.39, 0.29) is 46.0 Å². The lowest BCUT2D eigenvalue weighted by Crippen LogP contribution is -2.57. The van der Waals surface area contributed by atoms with Crippen LogP contribution >= 0.6 is 11.6 Å². The van der Waals surface area contributed by atoms with Crippen molar-refractivity contribution >= 4 is 45.2 Å². The molecule has 4 aromatic rings. The summed E-state index contributed by atoms with van der Waals surface area (Å²) >= 11 is 6.91. The van der Waals surface area contributed by atoms with Crippen molar-refractivity contribution < 1.29 is 23.8 Å². The zero-order valence-electron chi connectivity index (χ0n) is 27.1. The number of carbonyl (C=O) groups excluding carboxylic acids is 1. The number of piperazine rings is 1. The van der Waals surface area contributed by atoms with Crippen LogP contribution in [0.2, 0.25) is 5.02 Å². The third kappa shape index (κ3) is 6.37. The lowest BCUT2D eigenvalue weighted by Gasteiger charge is -2.42. The number of hydrogen-bond donors (Lipinski definition) is 1. The lowest BCUT2D eigenvalue weighted by molar-refractivity contribution is 0.0122. The molecule has 0 saturated carbocycles. The maximum atomic E-state index is 16.9. The lowest BCUT2D eigenvalue weighted by atomic mass is 9.96. The van der Waals surface area contributed by atoms with Gasteiger partial charge in [0, 0.05) is 30.6 Å². The summed E-state index contributed by atoms with van der Waals surface area (Å²) in [5.74, 6) is -0.0689. The molecule has 3 aromatic carbocycles. The number of halogens is 2. The van der Waals surface area contributed by atoms with Gasteiger partial charge in [-0.15, -0.1) is 0 Å². The van der Waals surface area contributed by atoms with Crippen LogP contribution in [0.1, 0.15) is 52.9 Å². The van der Waals surface area contributed by atoms with E-state index in [1.54, 1.807) is 12.1 Å². The van der Waals surface area contributed by atoms with Crippen molar-refractivity contribution in [1.82, 2.24) is 19.8 Å². The Morgan fingerprint density at radius 2 is 1.77 bits per heavy atom. The summed E-state index contributed by atoms with van der Waals surface area (Å²) < 4.78 is 28.7. The second kappa shape index (κ2) is 12.6. The first-order valence-electron chi connectivity index (χ1n) is 16.6. The minimum atomic E-state index is -0.607. The molecule has 1 aromatic heterocycles. The third-order valence-corrected chi connectivity index (χ3v) is 9.69. The highest BCUT2D eigenvalue weighted by Crippen LogP contribution is 2.43. The van der Waals surface area contributed by atoms with Crippen molar-refractivity contribution in [2.45, 2.75) is 70.6 Å². The molecule has 0 aliphatic carbocycles. The number of amides is 1. The molecule has 7 rings (SSSR count). The van der Waals surface area contributed by atoms with Gasteiger partial charge in [-0.25, -0.2) is 9.18 Å². The number of carbonyl (C=O) groups is 1. The number of nitrogens with zero attached hydrogens (tertiary/aromatic N) is 5. The quantitative estimate of drug-likeness (QED) is 0.205. The number of likely N-dealkylation sites (tertiary alicyclic amines) is 1. The van der Waals surface area contributed by atoms with Crippen LogP contribution in [0.5, 0.6) is 11.8 Å². The van der Waals surface area contributed by atoms with E-state index in [9.17, 15) is 9.90 Å². The van der Waals surface area contributed by atoms with Crippen molar-refractivity contribution in [2.24, 2.45) is 0 Å². The predicted molar refractivity (Wildman–Crippen MR) is 182 cm³/mol. The molecule has 0 spiro atoms. The Labute approximate surface area is 279 Å². The number of rotatable bonds is 7. The van der Waals surface area contributed by atoms with Crippen molar-refractivity contribution in [3.05, 3.63) is 53.3 Å². The summed E-state index contributed by atoms with van der Waals surface area (Å²) in [6, 6.07) is 12.3. The number of anilines is 1. The van der Waals surface area contributed by atoms with Gasteiger partial charge < -0.3 is 24.4 Å². The number of aromatic hydroxyl groups is 1. The molecule has 11 heteroatoms. The Bertz CT molecular complexity index is 1810. The molecule has 3 aliphatic rings. The van der Waals surface area contributed by atoms with E-state index in [0.717, 1.165) is 49.7 Å². The minimum absolute atomic E-state index is 0.0120. The summed E-state index contributed by atoms with van der Waals surface area (Å²) in [5, 5.41) is 12.7. The first-order chi connectivity index (χ1) is 22.6. The largest absolute Gasteiger partial charge is 0.508 e. The van der Waals surface area contributed by atoms with E-state index in [1.807, 2.05) is 49.9 Å². The van der Waals surface area contributed by atoms with Crippen LogP contribution in [0.15, 0.2) is 42.5 Å². The van der Waals surface area contributed by atoms with E-state index in [4.69, 9.17) is 26.1 Å². The number of benzene rings is 3. The SMILES string of the molecule is CC(C)(C)OC(=O)N1[C@@H]2CC[C@H]1CN(c1nc(OCCCN3CCCC3)nc3c(F)c(-c4cc(O)cc5ccccc45)c(Cl)cc13)C2. The summed E-state index contributed by atoms with van der Waals surface area (Å²) in [5.41, 5.74) is 0.135. The summed E-state index contributed by atoms with van der Waals surface area (Å²) in [7, 11) is 0. The molecule has 3 saturated heterocycles. The van der Waals surface area contributed by atoms with E-state index in [2.05, 4.69) is 14.8 Å². The fourth-order valence-corrected chi connectivity index (χ4v) is 7.65. The third-order valence-electron chi connectivity index (χ3n) is 9.39. The second-order valence-electron chi connectivity index (χ2n) is 13.9. The number of aromatic nitrogens is 2. The van der Waals surface area contributed by atoms with Gasteiger partial charge in [0.25, 0.3) is 0 Å². The van der Waals surface area contributed by atoms with Crippen LogP contribution in [0, 0.1) is 5.82 Å². The van der Waals surface area contributed by atoms with E-state index < -0.39 is 11.4 Å². The van der Waals surface area contributed by atoms with Crippen LogP contribution < -0.4 is 9.64 Å². The number of hydrogen-bond acceptors (Lipinski definition) is 8. The molecular formula is C36H41ClFN5O4. The van der Waals surface area contributed by atoms with Gasteiger partial charge in [-0.1, -0.05) is 35.9 Å². The van der Waals surface area contributed by atoms with Crippen LogP contribution in [0.25, 0.3) is 32.8 Å². The molecule has 47 heavy (non-hydrogen) atoms. The second-order valence-corrected chi connectivity index (χ2v) is 14.3. The first kappa shape index (κ1) is 31.7. The molecule has 1 amide bonds. The molecule has 3 aliphatic heterocycles. The Kier molecular flexibility index (Phi) is 8.51. The average molecular weight is 662 g/mol. The Morgan fingerprint density at radius 3 is 2.49 bits per heavy atom. The summed E-state index contributed by atoms with van der Waals surface area (Å²) in [4.78, 5) is 29.0. The highest BCUT2D eigenvalue weighted by molar-refractivity contribution is 6.35. The molecule has 0 unspecified atom stereocenters. The van der Waals surface area contributed by atoms with Crippen molar-refractivity contribution in [3.8, 4) is 22.9 Å². The van der Waals surface area contributed by atoms with Gasteiger partial charge in [0.15, 0.2) is 5.82 Å². The smallest absolute Gasteiger partial charge is 0.410 e. The number of phenolic OH excluding ortho intramolecular Hbond substituents is 1. The molecule has 248 valence electrons. The Balaban J connectivity index is 1.27. The fraction of sp³-hybridized carbons (Fsp3) is 0.472. The number of fused-ring (bicyclic) bond motifs is 4. The number of phenols is 1. The van der Waals surface area contributed by atoms with E-state index in [1.165, 1.54) is 18.9 Å². The topological polar surface area (TPSA) is 91.3 Å². The van der Waals surface area contributed by atoms with Crippen molar-refractivity contribution in [2.75, 3.05) is 44.2 Å². The Morgan fingerprint density at radius 1 is 1.04 bits per heavy atom. The van der Waals surface area contributed by atoms with Crippen LogP contribution in [0.3, 0.4) is 0 Å². The van der Waals surface area contributed by atoms with Gasteiger partial charge in [0.1, 0.15) is 22.7 Å². The van der Waals surface area contributed by atoms with Crippen LogP contribution in [-0.2, 0) is 4.74 Å².